The maximum Gasteiger partial charge on any atom is 0.306 e. The average molecular weight is 1230 g/mol. The third-order valence-electron chi connectivity index (χ3n) is 14.8. The monoisotopic (exact) mass is 1230 g/mol. The number of amides is 5. The van der Waals surface area contributed by atoms with Crippen LogP contribution in [0, 0.1) is 5.92 Å². The highest BCUT2D eigenvalue weighted by atomic mass is 33.1. The number of carbonyl (C=O) groups excluding carboxylic acids is 7. The molecule has 1 aliphatic heterocycles. The molecule has 0 bridgehead atoms. The van der Waals surface area contributed by atoms with Crippen molar-refractivity contribution in [3.8, 4) is 11.5 Å². The van der Waals surface area contributed by atoms with Gasteiger partial charge in [0.1, 0.15) is 29.0 Å². The van der Waals surface area contributed by atoms with Gasteiger partial charge >= 0.3 is 5.97 Å². The van der Waals surface area contributed by atoms with Crippen LogP contribution in [-0.2, 0) is 50.4 Å². The SMILES string of the molecule is CNC(=O)CCC(=O)O[C@@H]1C[C@@H](COC(c2ccccc2)(c2ccc(OC)cc2)c2ccc(OC)cc2)N(C(=O)CCC(C)SSCCCC(=O)CC[C@@H](C)NC(=O)c2ccc(N(Cc3cnc4nc(NC(=O)C(C)C)[nH]c(=O)c4n3)C(C)=O)cc2)C1. The molecule has 21 nitrogen and oxygen atoms in total. The van der Waals surface area contributed by atoms with Crippen molar-refractivity contribution in [2.24, 2.45) is 5.92 Å². The van der Waals surface area contributed by atoms with Gasteiger partial charge in [0.05, 0.1) is 58.3 Å². The largest absolute Gasteiger partial charge is 0.497 e. The van der Waals surface area contributed by atoms with Gasteiger partial charge in [-0.15, -0.1) is 0 Å². The summed E-state index contributed by atoms with van der Waals surface area (Å²) in [4.78, 5) is 122. The number of methoxy groups -OCH3 is 2. The molecular weight excluding hydrogens is 1150 g/mol. The van der Waals surface area contributed by atoms with E-state index >= 15 is 0 Å². The van der Waals surface area contributed by atoms with E-state index < -0.39 is 29.3 Å². The molecule has 7 rings (SSSR count). The predicted molar refractivity (Wildman–Crippen MR) is 335 cm³/mol. The molecule has 1 aliphatic rings. The summed E-state index contributed by atoms with van der Waals surface area (Å²) in [6, 6.07) is 31.0. The molecule has 1 fully saturated rings. The van der Waals surface area contributed by atoms with Gasteiger partial charge in [-0.05, 0) is 91.4 Å². The maximum atomic E-state index is 14.3. The third kappa shape index (κ3) is 18.4. The fourth-order valence-electron chi connectivity index (χ4n) is 9.89. The number of nitrogens with one attached hydrogen (secondary N) is 4. The molecule has 4 N–H and O–H groups in total. The van der Waals surface area contributed by atoms with E-state index in [1.807, 2.05) is 85.8 Å². The van der Waals surface area contributed by atoms with Gasteiger partial charge in [0, 0.05) is 80.3 Å². The zero-order valence-corrected chi connectivity index (χ0v) is 52.1. The second-order valence-corrected chi connectivity index (χ2v) is 24.5. The summed E-state index contributed by atoms with van der Waals surface area (Å²) < 4.78 is 24.2. The number of benzene rings is 4. The second-order valence-electron chi connectivity index (χ2n) is 21.6. The number of Topliss-reactive ketones (excluding diaryl/α,β-unsaturated/α-hetero) is 1. The number of ketones is 1. The van der Waals surface area contributed by atoms with Crippen molar-refractivity contribution >= 4 is 85.7 Å². The lowest BCUT2D eigenvalue weighted by Crippen LogP contribution is -2.42. The van der Waals surface area contributed by atoms with Crippen molar-refractivity contribution in [3.63, 3.8) is 0 Å². The Hall–Kier alpha value is -8.15. The van der Waals surface area contributed by atoms with E-state index in [-0.39, 0.29) is 109 Å². The zero-order valence-electron chi connectivity index (χ0n) is 50.4. The van der Waals surface area contributed by atoms with Gasteiger partial charge in [0.15, 0.2) is 11.2 Å². The number of fused-ring (bicyclic) bond motifs is 1. The van der Waals surface area contributed by atoms with Crippen LogP contribution in [0.15, 0.2) is 114 Å². The van der Waals surface area contributed by atoms with Gasteiger partial charge in [-0.3, -0.25) is 48.7 Å². The zero-order chi connectivity index (χ0) is 62.6. The Labute approximate surface area is 514 Å². The number of likely N-dealkylation sites (tertiary alicyclic amines) is 1. The van der Waals surface area contributed by atoms with E-state index in [0.29, 0.717) is 67.0 Å². The number of ether oxygens (including phenoxy) is 4. The smallest absolute Gasteiger partial charge is 0.306 e. The van der Waals surface area contributed by atoms with E-state index in [1.54, 1.807) is 78.8 Å². The average Bonchev–Trinajstić information content (AvgIpc) is 3.47. The van der Waals surface area contributed by atoms with Crippen molar-refractivity contribution in [1.82, 2.24) is 35.5 Å². The Bertz CT molecular complexity index is 3340. The Kier molecular flexibility index (Phi) is 24.4. The molecule has 0 aliphatic carbocycles. The topological polar surface area (TPSA) is 271 Å². The van der Waals surface area contributed by atoms with E-state index in [9.17, 15) is 38.4 Å². The van der Waals surface area contributed by atoms with Gasteiger partial charge in [0.2, 0.25) is 29.6 Å². The molecule has 4 aromatic carbocycles. The van der Waals surface area contributed by atoms with Gasteiger partial charge in [-0.25, -0.2) is 9.97 Å². The summed E-state index contributed by atoms with van der Waals surface area (Å²) in [5, 5.41) is 8.14. The number of aromatic nitrogens is 4. The summed E-state index contributed by atoms with van der Waals surface area (Å²) in [6.45, 7) is 8.96. The molecule has 0 spiro atoms. The van der Waals surface area contributed by atoms with Crippen LogP contribution in [0.4, 0.5) is 11.6 Å². The molecule has 1 saturated heterocycles. The number of esters is 1. The molecule has 462 valence electrons. The van der Waals surface area contributed by atoms with E-state index in [4.69, 9.17) is 18.9 Å². The Morgan fingerprint density at radius 1 is 0.793 bits per heavy atom. The van der Waals surface area contributed by atoms with Crippen LogP contribution in [-0.4, -0.2) is 130 Å². The number of hydrogen-bond donors (Lipinski definition) is 4. The highest BCUT2D eigenvalue weighted by molar-refractivity contribution is 8.76. The summed E-state index contributed by atoms with van der Waals surface area (Å²) in [5.41, 5.74) is 1.92. The molecule has 87 heavy (non-hydrogen) atoms. The Morgan fingerprint density at radius 2 is 1.45 bits per heavy atom. The minimum absolute atomic E-state index is 0.0110. The minimum atomic E-state index is -1.14. The van der Waals surface area contributed by atoms with Crippen molar-refractivity contribution in [1.29, 1.82) is 0 Å². The van der Waals surface area contributed by atoms with E-state index in [0.717, 1.165) is 22.4 Å². The third-order valence-corrected chi connectivity index (χ3v) is 17.8. The first-order valence-electron chi connectivity index (χ1n) is 29.0. The van der Waals surface area contributed by atoms with Crippen molar-refractivity contribution in [2.45, 2.75) is 128 Å². The highest BCUT2D eigenvalue weighted by Gasteiger charge is 2.43. The Morgan fingerprint density at radius 3 is 2.07 bits per heavy atom. The first-order chi connectivity index (χ1) is 41.8. The number of rotatable bonds is 31. The molecule has 3 heterocycles. The van der Waals surface area contributed by atoms with Gasteiger partial charge < -0.3 is 39.4 Å². The predicted octanol–water partition coefficient (Wildman–Crippen LogP) is 8.72. The lowest BCUT2D eigenvalue weighted by atomic mass is 9.80. The quantitative estimate of drug-likeness (QED) is 0.0137. The van der Waals surface area contributed by atoms with Gasteiger partial charge in [-0.1, -0.05) is 97.0 Å². The molecule has 23 heteroatoms. The summed E-state index contributed by atoms with van der Waals surface area (Å²) in [5.74, 6) is -0.0411. The summed E-state index contributed by atoms with van der Waals surface area (Å²) in [7, 11) is 8.06. The number of carbonyl (C=O) groups is 7. The highest BCUT2D eigenvalue weighted by Crippen LogP contribution is 2.43. The van der Waals surface area contributed by atoms with Gasteiger partial charge in [-0.2, -0.15) is 4.98 Å². The summed E-state index contributed by atoms with van der Waals surface area (Å²) >= 11 is 0. The number of aromatic amines is 1. The van der Waals surface area contributed by atoms with Crippen LogP contribution in [0.1, 0.15) is 125 Å². The fourth-order valence-corrected chi connectivity index (χ4v) is 12.3. The first-order valence-corrected chi connectivity index (χ1v) is 31.4. The van der Waals surface area contributed by atoms with Crippen LogP contribution in [0.2, 0.25) is 0 Å². The number of hydrogen-bond acceptors (Lipinski definition) is 17. The van der Waals surface area contributed by atoms with Crippen LogP contribution >= 0.6 is 21.6 Å². The van der Waals surface area contributed by atoms with Crippen LogP contribution in [0.3, 0.4) is 0 Å². The van der Waals surface area contributed by atoms with Crippen molar-refractivity contribution in [3.05, 3.63) is 148 Å². The van der Waals surface area contributed by atoms with E-state index in [1.165, 1.54) is 25.1 Å². The number of anilines is 2. The second kappa shape index (κ2) is 32.0. The standard InChI is InChI=1S/C64H77N9O12S2/c1-40(2)60(79)70-63-69-59-58(62(81)71-63)68-48(36-66-59)37-72(43(5)74)49-24-18-44(19-25-49)61(80)67-41(3)16-26-51(75)15-12-34-86-87-42(4)17-32-56(77)73-38-54(85-57(78)33-31-55(76)65-6)35-50(73)39-84-64(45-13-10-9-11-14-45,46-20-27-52(82-7)28-21-46)47-22-29-53(83-8)30-23-47/h9-11,13-14,18-25,27-30,36,40-42,50,54H,12,15-17,26,31-35,37-39H2,1-8H3,(H,65,76)(H,67,80)(H2,66,69,70,71,79,81)/t41-,42?,50+,54-/m1/s1. The fraction of sp³-hybridized carbons (Fsp3) is 0.422. The molecule has 5 amide bonds. The van der Waals surface area contributed by atoms with Crippen LogP contribution in [0.5, 0.6) is 11.5 Å². The molecule has 2 aromatic heterocycles. The molecule has 6 aromatic rings. The van der Waals surface area contributed by atoms with Gasteiger partial charge in [0.25, 0.3) is 11.5 Å². The minimum Gasteiger partial charge on any atom is -0.497 e. The molecular formula is C64H77N9O12S2. The van der Waals surface area contributed by atoms with E-state index in [2.05, 4.69) is 42.8 Å². The van der Waals surface area contributed by atoms with Crippen molar-refractivity contribution < 1.29 is 52.5 Å². The number of nitrogens with zero attached hydrogens (tertiary/aromatic N) is 5. The van der Waals surface area contributed by atoms with Crippen LogP contribution in [0.25, 0.3) is 11.2 Å². The lowest BCUT2D eigenvalue weighted by Gasteiger charge is -2.38. The Balaban J connectivity index is 0.872. The van der Waals surface area contributed by atoms with Crippen LogP contribution < -0.4 is 35.9 Å². The molecule has 1 unspecified atom stereocenters. The summed E-state index contributed by atoms with van der Waals surface area (Å²) in [6.07, 6.45) is 3.68. The molecule has 0 saturated carbocycles. The number of H-pyrrole nitrogens is 1. The lowest BCUT2D eigenvalue weighted by molar-refractivity contribution is -0.150. The van der Waals surface area contributed by atoms with Crippen molar-refractivity contribution in [2.75, 3.05) is 50.4 Å². The maximum absolute atomic E-state index is 14.3. The molecule has 0 radical (unpaired) electrons. The molecule has 4 atom stereocenters. The normalized spacial score (nSPS) is 14.7. The first kappa shape index (κ1) is 66.4.